The first kappa shape index (κ1) is 16.8. The maximum absolute atomic E-state index is 12.3. The van der Waals surface area contributed by atoms with Crippen molar-refractivity contribution in [2.24, 2.45) is 0 Å². The Kier molecular flexibility index (Phi) is 5.80. The van der Waals surface area contributed by atoms with Crippen molar-refractivity contribution in [3.05, 3.63) is 52.9 Å². The van der Waals surface area contributed by atoms with Crippen LogP contribution in [-0.4, -0.2) is 28.1 Å². The van der Waals surface area contributed by atoms with E-state index in [1.165, 1.54) is 0 Å². The lowest BCUT2D eigenvalue weighted by Gasteiger charge is -2.16. The van der Waals surface area contributed by atoms with Crippen LogP contribution in [0.15, 0.2) is 45.7 Å². The van der Waals surface area contributed by atoms with Gasteiger partial charge >= 0.3 is 0 Å². The molecule has 1 aromatic heterocycles. The Labute approximate surface area is 137 Å². The first-order chi connectivity index (χ1) is 10.5. The average Bonchev–Trinajstić information content (AvgIpc) is 2.97. The third-order valence-corrected chi connectivity index (χ3v) is 4.82. The molecule has 0 saturated heterocycles. The molecule has 0 N–H and O–H groups in total. The van der Waals surface area contributed by atoms with Gasteiger partial charge < -0.3 is 9.32 Å². The van der Waals surface area contributed by atoms with Gasteiger partial charge in [0.05, 0.1) is 16.6 Å². The van der Waals surface area contributed by atoms with Crippen LogP contribution in [0, 0.1) is 0 Å². The van der Waals surface area contributed by atoms with Crippen molar-refractivity contribution in [1.82, 2.24) is 4.90 Å². The molecule has 118 valence electrons. The maximum Gasteiger partial charge on any atom is 0.289 e. The molecule has 2 aromatic rings. The molecular weight excluding hydrogens is 322 g/mol. The Morgan fingerprint density at radius 3 is 2.59 bits per heavy atom. The number of hydrogen-bond acceptors (Lipinski definition) is 3. The largest absolute Gasteiger partial charge is 0.455 e. The van der Waals surface area contributed by atoms with Crippen molar-refractivity contribution in [3.63, 3.8) is 0 Å². The Bertz CT molecular complexity index is 680. The zero-order chi connectivity index (χ0) is 16.1. The first-order valence-corrected chi connectivity index (χ1v) is 8.76. The van der Waals surface area contributed by atoms with Crippen LogP contribution < -0.4 is 0 Å². The smallest absolute Gasteiger partial charge is 0.289 e. The summed E-state index contributed by atoms with van der Waals surface area (Å²) in [4.78, 5) is 14.5. The van der Waals surface area contributed by atoms with E-state index in [4.69, 9.17) is 16.0 Å². The summed E-state index contributed by atoms with van der Waals surface area (Å²) in [6.45, 7) is 5.08. The molecule has 4 nitrogen and oxygen atoms in total. The minimum atomic E-state index is -1.26. The molecule has 0 saturated carbocycles. The van der Waals surface area contributed by atoms with Gasteiger partial charge in [-0.05, 0) is 44.2 Å². The number of rotatable bonds is 6. The van der Waals surface area contributed by atoms with E-state index in [9.17, 15) is 9.00 Å². The van der Waals surface area contributed by atoms with Crippen LogP contribution in [0.3, 0.4) is 0 Å². The molecule has 1 amide bonds. The van der Waals surface area contributed by atoms with Crippen LogP contribution in [-0.2, 0) is 16.6 Å². The van der Waals surface area contributed by atoms with E-state index in [0.29, 0.717) is 28.8 Å². The molecule has 1 unspecified atom stereocenters. The van der Waals surface area contributed by atoms with E-state index in [1.807, 2.05) is 13.8 Å². The second-order valence-corrected chi connectivity index (χ2v) is 6.58. The molecule has 0 bridgehead atoms. The molecule has 0 radical (unpaired) electrons. The fourth-order valence-corrected chi connectivity index (χ4v) is 3.38. The lowest BCUT2D eigenvalue weighted by atomic mass is 10.3. The van der Waals surface area contributed by atoms with Crippen molar-refractivity contribution < 1.29 is 13.4 Å². The van der Waals surface area contributed by atoms with Gasteiger partial charge in [0.2, 0.25) is 0 Å². The predicted octanol–water partition coefficient (Wildman–Crippen LogP) is 3.72. The fraction of sp³-hybridized carbons (Fsp3) is 0.312. The monoisotopic (exact) mass is 339 g/mol. The molecule has 22 heavy (non-hydrogen) atoms. The van der Waals surface area contributed by atoms with E-state index in [0.717, 1.165) is 0 Å². The van der Waals surface area contributed by atoms with Gasteiger partial charge in [-0.25, -0.2) is 0 Å². The van der Waals surface area contributed by atoms with E-state index in [1.54, 1.807) is 41.3 Å². The zero-order valence-electron chi connectivity index (χ0n) is 12.5. The summed E-state index contributed by atoms with van der Waals surface area (Å²) in [5, 5.41) is 0.544. The number of amides is 1. The first-order valence-electron chi connectivity index (χ1n) is 7.07. The van der Waals surface area contributed by atoms with Crippen molar-refractivity contribution in [2.75, 3.05) is 13.1 Å². The minimum absolute atomic E-state index is 0.148. The Hall–Kier alpha value is -1.59. The van der Waals surface area contributed by atoms with Gasteiger partial charge in [0.15, 0.2) is 5.76 Å². The van der Waals surface area contributed by atoms with Gasteiger partial charge in [-0.1, -0.05) is 17.7 Å². The highest BCUT2D eigenvalue weighted by atomic mass is 35.5. The summed E-state index contributed by atoms with van der Waals surface area (Å²) < 4.78 is 17.8. The van der Waals surface area contributed by atoms with Gasteiger partial charge in [-0.2, -0.15) is 0 Å². The number of hydrogen-bond donors (Lipinski definition) is 0. The average molecular weight is 340 g/mol. The van der Waals surface area contributed by atoms with Gasteiger partial charge in [0, 0.05) is 23.0 Å². The summed E-state index contributed by atoms with van der Waals surface area (Å²) in [6, 6.07) is 10.2. The SMILES string of the molecule is CCN(CC)C(=O)c1ccc(CS(=O)c2cccc(Cl)c2)o1. The van der Waals surface area contributed by atoms with Crippen LogP contribution >= 0.6 is 11.6 Å². The van der Waals surface area contributed by atoms with Crippen LogP contribution in [0.25, 0.3) is 0 Å². The van der Waals surface area contributed by atoms with Crippen molar-refractivity contribution in [1.29, 1.82) is 0 Å². The van der Waals surface area contributed by atoms with Crippen LogP contribution in [0.1, 0.15) is 30.2 Å². The second-order valence-electron chi connectivity index (χ2n) is 4.69. The van der Waals surface area contributed by atoms with Crippen molar-refractivity contribution >= 4 is 28.3 Å². The van der Waals surface area contributed by atoms with Crippen molar-refractivity contribution in [3.8, 4) is 0 Å². The number of furan rings is 1. The summed E-state index contributed by atoms with van der Waals surface area (Å²) in [7, 11) is -1.26. The number of benzene rings is 1. The number of halogens is 1. The highest BCUT2D eigenvalue weighted by Gasteiger charge is 2.17. The highest BCUT2D eigenvalue weighted by molar-refractivity contribution is 7.84. The lowest BCUT2D eigenvalue weighted by Crippen LogP contribution is -2.30. The van der Waals surface area contributed by atoms with Gasteiger partial charge in [-0.3, -0.25) is 9.00 Å². The number of carbonyl (C=O) groups excluding carboxylic acids is 1. The molecule has 0 aliphatic heterocycles. The van der Waals surface area contributed by atoms with E-state index in [-0.39, 0.29) is 17.4 Å². The molecule has 0 fully saturated rings. The summed E-state index contributed by atoms with van der Waals surface area (Å²) >= 11 is 5.90. The van der Waals surface area contributed by atoms with Crippen molar-refractivity contribution in [2.45, 2.75) is 24.5 Å². The summed E-state index contributed by atoms with van der Waals surface area (Å²) in [5.74, 6) is 0.867. The second kappa shape index (κ2) is 7.61. The molecule has 6 heteroatoms. The molecule has 2 rings (SSSR count). The predicted molar refractivity (Wildman–Crippen MR) is 87.5 cm³/mol. The van der Waals surface area contributed by atoms with Crippen LogP contribution in [0.5, 0.6) is 0 Å². The normalized spacial score (nSPS) is 12.1. The Morgan fingerprint density at radius 1 is 1.23 bits per heavy atom. The molecule has 0 spiro atoms. The maximum atomic E-state index is 12.3. The quantitative estimate of drug-likeness (QED) is 0.805. The Balaban J connectivity index is 2.09. The summed E-state index contributed by atoms with van der Waals surface area (Å²) in [5.41, 5.74) is 0. The van der Waals surface area contributed by atoms with Gasteiger partial charge in [-0.15, -0.1) is 0 Å². The van der Waals surface area contributed by atoms with E-state index >= 15 is 0 Å². The minimum Gasteiger partial charge on any atom is -0.455 e. The lowest BCUT2D eigenvalue weighted by molar-refractivity contribution is 0.0739. The number of nitrogens with zero attached hydrogens (tertiary/aromatic N) is 1. The molecular formula is C16H18ClNO3S. The Morgan fingerprint density at radius 2 is 1.95 bits per heavy atom. The number of carbonyl (C=O) groups is 1. The third-order valence-electron chi connectivity index (χ3n) is 3.26. The fourth-order valence-electron chi connectivity index (χ4n) is 2.06. The van der Waals surface area contributed by atoms with Gasteiger partial charge in [0.1, 0.15) is 5.76 Å². The topological polar surface area (TPSA) is 50.5 Å². The summed E-state index contributed by atoms with van der Waals surface area (Å²) in [6.07, 6.45) is 0. The standard InChI is InChI=1S/C16H18ClNO3S/c1-3-18(4-2)16(19)15-9-8-13(21-15)11-22(20)14-7-5-6-12(17)10-14/h5-10H,3-4,11H2,1-2H3. The van der Waals surface area contributed by atoms with Crippen LogP contribution in [0.2, 0.25) is 5.02 Å². The van der Waals surface area contributed by atoms with E-state index < -0.39 is 10.8 Å². The zero-order valence-corrected chi connectivity index (χ0v) is 14.1. The molecule has 1 atom stereocenters. The molecule has 0 aliphatic carbocycles. The highest BCUT2D eigenvalue weighted by Crippen LogP contribution is 2.19. The van der Waals surface area contributed by atoms with E-state index in [2.05, 4.69) is 0 Å². The van der Waals surface area contributed by atoms with Crippen LogP contribution in [0.4, 0.5) is 0 Å². The molecule has 1 aromatic carbocycles. The third kappa shape index (κ3) is 3.99. The molecule has 1 heterocycles. The van der Waals surface area contributed by atoms with Gasteiger partial charge in [0.25, 0.3) is 5.91 Å². The molecule has 0 aliphatic rings.